The van der Waals surface area contributed by atoms with E-state index in [1.54, 1.807) is 32.2 Å². The zero-order valence-corrected chi connectivity index (χ0v) is 19.1. The van der Waals surface area contributed by atoms with E-state index in [-0.39, 0.29) is 0 Å². The Balaban J connectivity index is 1.38. The highest BCUT2D eigenvalue weighted by molar-refractivity contribution is 7.99. The summed E-state index contributed by atoms with van der Waals surface area (Å²) < 4.78 is 22.7. The fourth-order valence-corrected chi connectivity index (χ4v) is 3.95. The van der Waals surface area contributed by atoms with E-state index in [4.69, 9.17) is 18.9 Å². The lowest BCUT2D eigenvalue weighted by molar-refractivity contribution is 0.344. The molecule has 0 aliphatic rings. The van der Waals surface area contributed by atoms with Gasteiger partial charge in [0.1, 0.15) is 17.2 Å². The second-order valence-corrected chi connectivity index (χ2v) is 8.29. The van der Waals surface area contributed by atoms with Crippen molar-refractivity contribution in [1.29, 1.82) is 0 Å². The summed E-state index contributed by atoms with van der Waals surface area (Å²) in [6, 6.07) is 21.7. The molecule has 1 heterocycles. The lowest BCUT2D eigenvalue weighted by Crippen LogP contribution is -1.99. The third kappa shape index (κ3) is 5.26. The predicted molar refractivity (Wildman–Crippen MR) is 129 cm³/mol. The zero-order chi connectivity index (χ0) is 22.3. The quantitative estimate of drug-likeness (QED) is 0.215. The number of hydrogen-bond acceptors (Lipinski definition) is 6. The average Bonchev–Trinajstić information content (AvgIpc) is 2.83. The normalized spacial score (nSPS) is 10.7. The van der Waals surface area contributed by atoms with Crippen molar-refractivity contribution >= 4 is 22.7 Å². The molecule has 0 aliphatic carbocycles. The van der Waals surface area contributed by atoms with Crippen molar-refractivity contribution in [3.8, 4) is 28.7 Å². The molecule has 0 N–H and O–H groups in total. The van der Waals surface area contributed by atoms with E-state index < -0.39 is 0 Å². The van der Waals surface area contributed by atoms with Gasteiger partial charge in [-0.3, -0.25) is 4.98 Å². The molecule has 0 spiro atoms. The predicted octanol–water partition coefficient (Wildman–Crippen LogP) is 6.52. The minimum Gasteiger partial charge on any atom is -0.493 e. The summed E-state index contributed by atoms with van der Waals surface area (Å²) in [6.45, 7) is 2.72. The van der Waals surface area contributed by atoms with E-state index in [1.165, 1.54) is 5.56 Å². The van der Waals surface area contributed by atoms with Crippen LogP contribution in [0, 0.1) is 6.92 Å². The second kappa shape index (κ2) is 10.3. The van der Waals surface area contributed by atoms with E-state index in [0.717, 1.165) is 33.1 Å². The SMILES string of the molecule is COc1cc2nccc(Oc3ccc(SCCOc4ccc(C)cc4)cc3)c2cc1OC. The van der Waals surface area contributed by atoms with Gasteiger partial charge in [-0.15, -0.1) is 11.8 Å². The van der Waals surface area contributed by atoms with Crippen LogP contribution >= 0.6 is 11.8 Å². The van der Waals surface area contributed by atoms with Gasteiger partial charge in [0.25, 0.3) is 0 Å². The van der Waals surface area contributed by atoms with Crippen molar-refractivity contribution in [2.75, 3.05) is 26.6 Å². The Morgan fingerprint density at radius 1 is 0.781 bits per heavy atom. The Kier molecular flexibility index (Phi) is 7.02. The van der Waals surface area contributed by atoms with Crippen LogP contribution in [0.4, 0.5) is 0 Å². The lowest BCUT2D eigenvalue weighted by Gasteiger charge is -2.12. The fourth-order valence-electron chi connectivity index (χ4n) is 3.22. The molecule has 4 aromatic rings. The maximum absolute atomic E-state index is 6.14. The maximum atomic E-state index is 6.14. The van der Waals surface area contributed by atoms with E-state index in [9.17, 15) is 0 Å². The van der Waals surface area contributed by atoms with Crippen LogP contribution in [-0.4, -0.2) is 31.6 Å². The molecule has 6 heteroatoms. The van der Waals surface area contributed by atoms with Crippen LogP contribution in [0.2, 0.25) is 0 Å². The van der Waals surface area contributed by atoms with Crippen LogP contribution in [0.3, 0.4) is 0 Å². The Morgan fingerprint density at radius 2 is 1.47 bits per heavy atom. The molecule has 32 heavy (non-hydrogen) atoms. The zero-order valence-electron chi connectivity index (χ0n) is 18.3. The first kappa shape index (κ1) is 21.8. The maximum Gasteiger partial charge on any atom is 0.162 e. The monoisotopic (exact) mass is 447 g/mol. The van der Waals surface area contributed by atoms with Gasteiger partial charge in [-0.1, -0.05) is 17.7 Å². The highest BCUT2D eigenvalue weighted by Gasteiger charge is 2.11. The molecule has 0 saturated carbocycles. The average molecular weight is 448 g/mol. The van der Waals surface area contributed by atoms with Gasteiger partial charge >= 0.3 is 0 Å². The van der Waals surface area contributed by atoms with E-state index in [1.807, 2.05) is 42.5 Å². The van der Waals surface area contributed by atoms with Gasteiger partial charge in [-0.25, -0.2) is 0 Å². The topological polar surface area (TPSA) is 49.8 Å². The largest absolute Gasteiger partial charge is 0.493 e. The summed E-state index contributed by atoms with van der Waals surface area (Å²) in [4.78, 5) is 5.58. The van der Waals surface area contributed by atoms with Gasteiger partial charge < -0.3 is 18.9 Å². The molecule has 1 aromatic heterocycles. The molecule has 0 atom stereocenters. The van der Waals surface area contributed by atoms with Gasteiger partial charge in [0.15, 0.2) is 11.5 Å². The number of ether oxygens (including phenoxy) is 4. The van der Waals surface area contributed by atoms with Crippen molar-refractivity contribution in [3.63, 3.8) is 0 Å². The number of hydrogen-bond donors (Lipinski definition) is 0. The van der Waals surface area contributed by atoms with E-state index >= 15 is 0 Å². The molecule has 0 bridgehead atoms. The summed E-state index contributed by atoms with van der Waals surface area (Å²) in [5.41, 5.74) is 2.01. The van der Waals surface area contributed by atoms with Crippen LogP contribution in [0.25, 0.3) is 10.9 Å². The van der Waals surface area contributed by atoms with Crippen molar-refractivity contribution < 1.29 is 18.9 Å². The van der Waals surface area contributed by atoms with Crippen LogP contribution in [0.5, 0.6) is 28.7 Å². The Morgan fingerprint density at radius 3 is 2.19 bits per heavy atom. The second-order valence-electron chi connectivity index (χ2n) is 7.12. The van der Waals surface area contributed by atoms with Gasteiger partial charge in [0, 0.05) is 28.3 Å². The van der Waals surface area contributed by atoms with E-state index in [2.05, 4.69) is 36.2 Å². The summed E-state index contributed by atoms with van der Waals surface area (Å²) in [6.07, 6.45) is 1.72. The van der Waals surface area contributed by atoms with Crippen LogP contribution in [-0.2, 0) is 0 Å². The first-order valence-corrected chi connectivity index (χ1v) is 11.3. The number of fused-ring (bicyclic) bond motifs is 1. The summed E-state index contributed by atoms with van der Waals surface area (Å²) in [5.74, 6) is 4.51. The van der Waals surface area contributed by atoms with Crippen molar-refractivity contribution in [2.24, 2.45) is 0 Å². The molecule has 0 amide bonds. The number of benzene rings is 3. The number of aryl methyl sites for hydroxylation is 1. The number of rotatable bonds is 9. The highest BCUT2D eigenvalue weighted by Crippen LogP contribution is 2.37. The van der Waals surface area contributed by atoms with Crippen LogP contribution in [0.1, 0.15) is 5.56 Å². The Labute approximate surface area is 192 Å². The van der Waals surface area contributed by atoms with Crippen molar-refractivity contribution in [3.05, 3.63) is 78.5 Å². The molecule has 0 fully saturated rings. The molecule has 0 aliphatic heterocycles. The Hall–Kier alpha value is -3.38. The molecule has 0 unspecified atom stereocenters. The molecule has 0 radical (unpaired) electrons. The van der Waals surface area contributed by atoms with Gasteiger partial charge in [0.2, 0.25) is 0 Å². The Bertz CT molecular complexity index is 1180. The number of methoxy groups -OCH3 is 2. The minimum atomic E-state index is 0.636. The lowest BCUT2D eigenvalue weighted by atomic mass is 10.2. The number of aromatic nitrogens is 1. The number of pyridine rings is 1. The minimum absolute atomic E-state index is 0.636. The highest BCUT2D eigenvalue weighted by atomic mass is 32.2. The van der Waals surface area contributed by atoms with Crippen molar-refractivity contribution in [2.45, 2.75) is 11.8 Å². The van der Waals surface area contributed by atoms with Gasteiger partial charge in [0.05, 0.1) is 26.3 Å². The van der Waals surface area contributed by atoms with Gasteiger partial charge in [-0.05, 0) is 55.5 Å². The smallest absolute Gasteiger partial charge is 0.162 e. The van der Waals surface area contributed by atoms with Crippen LogP contribution in [0.15, 0.2) is 77.8 Å². The molecular formula is C26H25NO4S. The molecular weight excluding hydrogens is 422 g/mol. The standard InChI is InChI=1S/C26H25NO4S/c1-18-4-6-19(7-5-18)30-14-15-32-21-10-8-20(9-11-21)31-24-12-13-27-23-17-26(29-3)25(28-2)16-22(23)24/h4-13,16-17H,14-15H2,1-3H3. The molecule has 5 nitrogen and oxygen atoms in total. The molecule has 164 valence electrons. The molecule has 4 rings (SSSR count). The summed E-state index contributed by atoms with van der Waals surface area (Å²) >= 11 is 1.75. The molecule has 3 aromatic carbocycles. The number of nitrogens with zero attached hydrogens (tertiary/aromatic N) is 1. The fraction of sp³-hybridized carbons (Fsp3) is 0.192. The third-order valence-electron chi connectivity index (χ3n) is 4.90. The third-order valence-corrected chi connectivity index (χ3v) is 5.88. The van der Waals surface area contributed by atoms with E-state index in [0.29, 0.717) is 23.9 Å². The molecule has 0 saturated heterocycles. The van der Waals surface area contributed by atoms with Gasteiger partial charge in [-0.2, -0.15) is 0 Å². The van der Waals surface area contributed by atoms with Crippen LogP contribution < -0.4 is 18.9 Å². The summed E-state index contributed by atoms with van der Waals surface area (Å²) in [7, 11) is 3.22. The summed E-state index contributed by atoms with van der Waals surface area (Å²) in [5, 5.41) is 0.858. The first-order chi connectivity index (χ1) is 15.7. The van der Waals surface area contributed by atoms with Crippen molar-refractivity contribution in [1.82, 2.24) is 4.98 Å². The number of thioether (sulfide) groups is 1. The first-order valence-electron chi connectivity index (χ1n) is 10.3.